The minimum atomic E-state index is -0.702. The Morgan fingerprint density at radius 1 is 1.42 bits per heavy atom. The van der Waals surface area contributed by atoms with Gasteiger partial charge in [0.2, 0.25) is 5.89 Å². The van der Waals surface area contributed by atoms with E-state index in [4.69, 9.17) is 21.1 Å². The number of hydrogen-bond donors (Lipinski definition) is 2. The molecule has 0 aliphatic heterocycles. The third-order valence-electron chi connectivity index (χ3n) is 2.41. The second kappa shape index (κ2) is 6.96. The molecule has 6 heteroatoms. The zero-order valence-electron chi connectivity index (χ0n) is 10.1. The normalized spacial score (nSPS) is 12.6. The molecule has 0 radical (unpaired) electrons. The third-order valence-corrected chi connectivity index (χ3v) is 3.72. The fraction of sp³-hybridized carbons (Fsp3) is 0.308. The number of aliphatic hydroxyl groups excluding tert-OH is 2. The van der Waals surface area contributed by atoms with Crippen LogP contribution in [0.25, 0.3) is 11.3 Å². The van der Waals surface area contributed by atoms with Crippen molar-refractivity contribution in [3.05, 3.63) is 41.4 Å². The van der Waals surface area contributed by atoms with Gasteiger partial charge in [-0.1, -0.05) is 23.7 Å². The molecule has 2 aromatic rings. The molecule has 1 aromatic carbocycles. The van der Waals surface area contributed by atoms with E-state index >= 15 is 0 Å². The van der Waals surface area contributed by atoms with Crippen LogP contribution < -0.4 is 0 Å². The third kappa shape index (κ3) is 4.24. The maximum atomic E-state index is 9.21. The minimum Gasteiger partial charge on any atom is -0.440 e. The lowest BCUT2D eigenvalue weighted by Crippen LogP contribution is -2.14. The molecular formula is C13H14ClNO3S. The first kappa shape index (κ1) is 14.4. The van der Waals surface area contributed by atoms with Crippen LogP contribution in [0.2, 0.25) is 5.02 Å². The quantitative estimate of drug-likeness (QED) is 0.858. The maximum Gasteiger partial charge on any atom is 0.204 e. The number of halogens is 1. The van der Waals surface area contributed by atoms with E-state index in [1.807, 2.05) is 18.2 Å². The highest BCUT2D eigenvalue weighted by Gasteiger charge is 2.08. The summed E-state index contributed by atoms with van der Waals surface area (Å²) in [5.74, 6) is 2.26. The molecule has 1 heterocycles. The summed E-state index contributed by atoms with van der Waals surface area (Å²) in [6.07, 6.45) is 0.955. The average Bonchev–Trinajstić information content (AvgIpc) is 2.87. The molecule has 2 rings (SSSR count). The van der Waals surface area contributed by atoms with Crippen molar-refractivity contribution in [1.29, 1.82) is 0 Å². The van der Waals surface area contributed by atoms with Gasteiger partial charge in [-0.15, -0.1) is 11.8 Å². The van der Waals surface area contributed by atoms with Gasteiger partial charge < -0.3 is 14.6 Å². The molecule has 4 nitrogen and oxygen atoms in total. The van der Waals surface area contributed by atoms with Gasteiger partial charge >= 0.3 is 0 Å². The van der Waals surface area contributed by atoms with Gasteiger partial charge in [0.15, 0.2) is 5.76 Å². The standard InChI is InChI=1S/C13H14ClNO3S/c14-10-3-1-2-9(4-10)12-5-15-13(18-12)8-19-7-11(17)6-16/h1-5,11,16-17H,6-8H2/t11-/m0/s1. The molecule has 0 aliphatic carbocycles. The van der Waals surface area contributed by atoms with E-state index in [0.29, 0.717) is 28.2 Å². The van der Waals surface area contributed by atoms with Gasteiger partial charge in [-0.2, -0.15) is 0 Å². The zero-order valence-corrected chi connectivity index (χ0v) is 11.7. The molecule has 0 amide bonds. The number of rotatable bonds is 6. The summed E-state index contributed by atoms with van der Waals surface area (Å²) in [7, 11) is 0. The van der Waals surface area contributed by atoms with E-state index < -0.39 is 6.10 Å². The highest BCUT2D eigenvalue weighted by Crippen LogP contribution is 2.24. The van der Waals surface area contributed by atoms with Crippen molar-refractivity contribution >= 4 is 23.4 Å². The molecule has 0 fully saturated rings. The topological polar surface area (TPSA) is 66.5 Å². The predicted molar refractivity (Wildman–Crippen MR) is 76.2 cm³/mol. The molecule has 102 valence electrons. The monoisotopic (exact) mass is 299 g/mol. The van der Waals surface area contributed by atoms with E-state index in [-0.39, 0.29) is 6.61 Å². The summed E-state index contributed by atoms with van der Waals surface area (Å²) in [6.45, 7) is -0.230. The number of aliphatic hydroxyl groups is 2. The molecule has 1 atom stereocenters. The first-order chi connectivity index (χ1) is 9.19. The van der Waals surface area contributed by atoms with Gasteiger partial charge in [0.1, 0.15) is 0 Å². The summed E-state index contributed by atoms with van der Waals surface area (Å²) in [5, 5.41) is 18.6. The number of thioether (sulfide) groups is 1. The van der Waals surface area contributed by atoms with E-state index in [1.165, 1.54) is 11.8 Å². The molecule has 1 aromatic heterocycles. The van der Waals surface area contributed by atoms with Gasteiger partial charge in [0.05, 0.1) is 24.7 Å². The van der Waals surface area contributed by atoms with E-state index in [2.05, 4.69) is 4.98 Å². The zero-order chi connectivity index (χ0) is 13.7. The SMILES string of the molecule is OC[C@H](O)CSCc1ncc(-c2cccc(Cl)c2)o1. The van der Waals surface area contributed by atoms with Crippen LogP contribution in [-0.2, 0) is 5.75 Å². The van der Waals surface area contributed by atoms with E-state index in [9.17, 15) is 5.11 Å². The van der Waals surface area contributed by atoms with Crippen molar-refractivity contribution in [3.8, 4) is 11.3 Å². The van der Waals surface area contributed by atoms with Crippen LogP contribution >= 0.6 is 23.4 Å². The van der Waals surface area contributed by atoms with Crippen LogP contribution in [-0.4, -0.2) is 33.7 Å². The number of oxazole rings is 1. The highest BCUT2D eigenvalue weighted by molar-refractivity contribution is 7.98. The number of hydrogen-bond acceptors (Lipinski definition) is 5. The largest absolute Gasteiger partial charge is 0.440 e. The second-order valence-electron chi connectivity index (χ2n) is 3.98. The van der Waals surface area contributed by atoms with Crippen molar-refractivity contribution < 1.29 is 14.6 Å². The van der Waals surface area contributed by atoms with Gasteiger partial charge in [-0.05, 0) is 12.1 Å². The lowest BCUT2D eigenvalue weighted by molar-refractivity contribution is 0.113. The van der Waals surface area contributed by atoms with E-state index in [0.717, 1.165) is 5.56 Å². The Morgan fingerprint density at radius 2 is 2.26 bits per heavy atom. The van der Waals surface area contributed by atoms with Crippen LogP contribution in [0.4, 0.5) is 0 Å². The first-order valence-corrected chi connectivity index (χ1v) is 7.29. The molecule has 19 heavy (non-hydrogen) atoms. The Labute approximate surface area is 120 Å². The van der Waals surface area contributed by atoms with Crippen molar-refractivity contribution in [2.45, 2.75) is 11.9 Å². The second-order valence-corrected chi connectivity index (χ2v) is 5.45. The van der Waals surface area contributed by atoms with Crippen LogP contribution in [0.1, 0.15) is 5.89 Å². The van der Waals surface area contributed by atoms with Crippen LogP contribution in [0.5, 0.6) is 0 Å². The van der Waals surface area contributed by atoms with Gasteiger partial charge in [-0.25, -0.2) is 4.98 Å². The molecular weight excluding hydrogens is 286 g/mol. The van der Waals surface area contributed by atoms with Crippen LogP contribution in [0.15, 0.2) is 34.9 Å². The summed E-state index contributed by atoms with van der Waals surface area (Å²) < 4.78 is 5.61. The molecule has 2 N–H and O–H groups in total. The molecule has 0 bridgehead atoms. The van der Waals surface area contributed by atoms with Crippen molar-refractivity contribution in [1.82, 2.24) is 4.98 Å². The van der Waals surface area contributed by atoms with Crippen LogP contribution in [0.3, 0.4) is 0 Å². The van der Waals surface area contributed by atoms with E-state index in [1.54, 1.807) is 12.3 Å². The minimum absolute atomic E-state index is 0.230. The average molecular weight is 300 g/mol. The molecule has 0 saturated carbocycles. The lowest BCUT2D eigenvalue weighted by Gasteiger charge is -2.04. The number of aromatic nitrogens is 1. The Kier molecular flexibility index (Phi) is 5.27. The lowest BCUT2D eigenvalue weighted by atomic mass is 10.2. The summed E-state index contributed by atoms with van der Waals surface area (Å²) in [4.78, 5) is 4.17. The van der Waals surface area contributed by atoms with Crippen LogP contribution in [0, 0.1) is 0 Å². The van der Waals surface area contributed by atoms with Crippen molar-refractivity contribution in [2.24, 2.45) is 0 Å². The predicted octanol–water partition coefficient (Wildman–Crippen LogP) is 2.58. The molecule has 0 spiro atoms. The summed E-state index contributed by atoms with van der Waals surface area (Å²) in [6, 6.07) is 7.37. The first-order valence-electron chi connectivity index (χ1n) is 5.76. The Hall–Kier alpha value is -1.01. The Balaban J connectivity index is 1.95. The number of benzene rings is 1. The number of nitrogens with zero attached hydrogens (tertiary/aromatic N) is 1. The fourth-order valence-corrected chi connectivity index (χ4v) is 2.48. The maximum absolute atomic E-state index is 9.21. The fourth-order valence-electron chi connectivity index (χ4n) is 1.49. The molecule has 0 saturated heterocycles. The Bertz CT molecular complexity index is 532. The van der Waals surface area contributed by atoms with Gasteiger partial charge in [0, 0.05) is 16.3 Å². The molecule has 0 unspecified atom stereocenters. The van der Waals surface area contributed by atoms with Crippen molar-refractivity contribution in [2.75, 3.05) is 12.4 Å². The summed E-state index contributed by atoms with van der Waals surface area (Å²) >= 11 is 7.38. The van der Waals surface area contributed by atoms with Crippen molar-refractivity contribution in [3.63, 3.8) is 0 Å². The Morgan fingerprint density at radius 3 is 3.00 bits per heavy atom. The van der Waals surface area contributed by atoms with Gasteiger partial charge in [-0.3, -0.25) is 0 Å². The smallest absolute Gasteiger partial charge is 0.204 e. The van der Waals surface area contributed by atoms with Gasteiger partial charge in [0.25, 0.3) is 0 Å². The highest BCUT2D eigenvalue weighted by atomic mass is 35.5. The summed E-state index contributed by atoms with van der Waals surface area (Å²) in [5.41, 5.74) is 0.881. The molecule has 0 aliphatic rings.